The van der Waals surface area contributed by atoms with Crippen molar-refractivity contribution in [1.29, 1.82) is 0 Å². The lowest BCUT2D eigenvalue weighted by molar-refractivity contribution is 0.316. The van der Waals surface area contributed by atoms with Gasteiger partial charge in [-0.05, 0) is 54.8 Å². The van der Waals surface area contributed by atoms with Gasteiger partial charge in [-0.1, -0.05) is 36.6 Å². The second-order valence-corrected chi connectivity index (χ2v) is 8.51. The van der Waals surface area contributed by atoms with Gasteiger partial charge >= 0.3 is 0 Å². The standard InChI is InChI=1S/C18H21ClN2O2S/c19-15-7-5-14(6-8-15)13-21(17-3-1-2-4-17)24(22,23)18-11-9-16(20)10-12-18/h5-12,17H,1-4,13,20H2. The predicted molar refractivity (Wildman–Crippen MR) is 97.3 cm³/mol. The van der Waals surface area contributed by atoms with Crippen LogP contribution in [0.15, 0.2) is 53.4 Å². The van der Waals surface area contributed by atoms with E-state index in [1.807, 2.05) is 12.1 Å². The summed E-state index contributed by atoms with van der Waals surface area (Å²) < 4.78 is 28.0. The number of hydrogen-bond donors (Lipinski definition) is 1. The first-order chi connectivity index (χ1) is 11.5. The van der Waals surface area contributed by atoms with E-state index in [1.54, 1.807) is 40.7 Å². The molecule has 4 nitrogen and oxygen atoms in total. The van der Waals surface area contributed by atoms with Gasteiger partial charge in [0.15, 0.2) is 0 Å². The number of halogens is 1. The Morgan fingerprint density at radius 2 is 1.58 bits per heavy atom. The summed E-state index contributed by atoms with van der Waals surface area (Å²) in [5.74, 6) is 0. The molecule has 128 valence electrons. The van der Waals surface area contributed by atoms with Crippen molar-refractivity contribution in [3.63, 3.8) is 0 Å². The van der Waals surface area contributed by atoms with Crippen LogP contribution < -0.4 is 5.73 Å². The van der Waals surface area contributed by atoms with Crippen LogP contribution in [-0.2, 0) is 16.6 Å². The van der Waals surface area contributed by atoms with Crippen molar-refractivity contribution < 1.29 is 8.42 Å². The van der Waals surface area contributed by atoms with Gasteiger partial charge in [0.05, 0.1) is 4.90 Å². The van der Waals surface area contributed by atoms with E-state index < -0.39 is 10.0 Å². The van der Waals surface area contributed by atoms with Gasteiger partial charge < -0.3 is 5.73 Å². The van der Waals surface area contributed by atoms with Crippen molar-refractivity contribution in [2.24, 2.45) is 0 Å². The summed E-state index contributed by atoms with van der Waals surface area (Å²) in [5.41, 5.74) is 7.18. The highest BCUT2D eigenvalue weighted by Gasteiger charge is 2.33. The summed E-state index contributed by atoms with van der Waals surface area (Å²) >= 11 is 5.93. The van der Waals surface area contributed by atoms with Crippen LogP contribution in [-0.4, -0.2) is 18.8 Å². The lowest BCUT2D eigenvalue weighted by Crippen LogP contribution is -2.38. The van der Waals surface area contributed by atoms with Crippen LogP contribution in [0.4, 0.5) is 5.69 Å². The molecule has 1 fully saturated rings. The molecule has 2 aromatic carbocycles. The van der Waals surface area contributed by atoms with Crippen molar-refractivity contribution in [3.8, 4) is 0 Å². The summed E-state index contributed by atoms with van der Waals surface area (Å²) in [7, 11) is -3.56. The fourth-order valence-corrected chi connectivity index (χ4v) is 4.95. The molecule has 1 aliphatic carbocycles. The van der Waals surface area contributed by atoms with Gasteiger partial charge in [-0.3, -0.25) is 0 Å². The van der Waals surface area contributed by atoms with Crippen molar-refractivity contribution in [1.82, 2.24) is 4.31 Å². The first-order valence-corrected chi connectivity index (χ1v) is 9.90. The summed E-state index contributed by atoms with van der Waals surface area (Å²) in [6.07, 6.45) is 3.95. The molecule has 1 saturated carbocycles. The first kappa shape index (κ1) is 17.3. The van der Waals surface area contributed by atoms with Gasteiger partial charge in [-0.25, -0.2) is 8.42 Å². The zero-order valence-electron chi connectivity index (χ0n) is 13.4. The van der Waals surface area contributed by atoms with Gasteiger partial charge in [0, 0.05) is 23.3 Å². The van der Waals surface area contributed by atoms with Gasteiger partial charge in [0.1, 0.15) is 0 Å². The highest BCUT2D eigenvalue weighted by Crippen LogP contribution is 2.30. The second-order valence-electron chi connectivity index (χ2n) is 6.18. The van der Waals surface area contributed by atoms with E-state index >= 15 is 0 Å². The Bertz CT molecular complexity index is 783. The van der Waals surface area contributed by atoms with Crippen LogP contribution in [0, 0.1) is 0 Å². The van der Waals surface area contributed by atoms with Crippen molar-refractivity contribution in [2.45, 2.75) is 43.2 Å². The van der Waals surface area contributed by atoms with Crippen LogP contribution >= 0.6 is 11.6 Å². The third kappa shape index (κ3) is 3.74. The molecule has 0 aromatic heterocycles. The van der Waals surface area contributed by atoms with E-state index in [0.29, 0.717) is 17.3 Å². The lowest BCUT2D eigenvalue weighted by Gasteiger charge is -2.28. The van der Waals surface area contributed by atoms with E-state index in [9.17, 15) is 8.42 Å². The maximum Gasteiger partial charge on any atom is 0.243 e. The predicted octanol–water partition coefficient (Wildman–Crippen LogP) is 4.06. The van der Waals surface area contributed by atoms with Gasteiger partial charge in [-0.15, -0.1) is 0 Å². The molecule has 0 aliphatic heterocycles. The van der Waals surface area contributed by atoms with Gasteiger partial charge in [0.2, 0.25) is 10.0 Å². The molecule has 0 atom stereocenters. The SMILES string of the molecule is Nc1ccc(S(=O)(=O)N(Cc2ccc(Cl)cc2)C2CCCC2)cc1. The fourth-order valence-electron chi connectivity index (χ4n) is 3.15. The molecule has 0 bridgehead atoms. The molecule has 0 spiro atoms. The molecular formula is C18H21ClN2O2S. The van der Waals surface area contributed by atoms with E-state index in [4.69, 9.17) is 17.3 Å². The minimum absolute atomic E-state index is 0.0447. The van der Waals surface area contributed by atoms with E-state index in [1.165, 1.54) is 0 Å². The molecule has 0 amide bonds. The monoisotopic (exact) mass is 364 g/mol. The number of benzene rings is 2. The Hall–Kier alpha value is -1.56. The average Bonchev–Trinajstić information content (AvgIpc) is 3.08. The number of nitrogens with two attached hydrogens (primary N) is 1. The van der Waals surface area contributed by atoms with Crippen molar-refractivity contribution in [3.05, 3.63) is 59.1 Å². The largest absolute Gasteiger partial charge is 0.399 e. The second kappa shape index (κ2) is 7.13. The zero-order chi connectivity index (χ0) is 17.2. The zero-order valence-corrected chi connectivity index (χ0v) is 14.9. The highest BCUT2D eigenvalue weighted by molar-refractivity contribution is 7.89. The molecule has 0 saturated heterocycles. The molecule has 6 heteroatoms. The number of hydrogen-bond acceptors (Lipinski definition) is 3. The van der Waals surface area contributed by atoms with Gasteiger partial charge in [0.25, 0.3) is 0 Å². The minimum atomic E-state index is -3.56. The highest BCUT2D eigenvalue weighted by atomic mass is 35.5. The minimum Gasteiger partial charge on any atom is -0.399 e. The molecule has 0 radical (unpaired) electrons. The lowest BCUT2D eigenvalue weighted by atomic mass is 10.2. The fraction of sp³-hybridized carbons (Fsp3) is 0.333. The summed E-state index contributed by atoms with van der Waals surface area (Å²) in [5, 5.41) is 0.646. The smallest absolute Gasteiger partial charge is 0.243 e. The molecule has 3 rings (SSSR count). The Morgan fingerprint density at radius 1 is 1.00 bits per heavy atom. The molecule has 2 N–H and O–H groups in total. The van der Waals surface area contributed by atoms with E-state index in [2.05, 4.69) is 0 Å². The maximum absolute atomic E-state index is 13.2. The number of rotatable bonds is 5. The molecule has 24 heavy (non-hydrogen) atoms. The van der Waals surface area contributed by atoms with E-state index in [-0.39, 0.29) is 10.9 Å². The average molecular weight is 365 g/mol. The third-order valence-corrected chi connectivity index (χ3v) is 6.63. The third-order valence-electron chi connectivity index (χ3n) is 4.47. The van der Waals surface area contributed by atoms with Crippen LogP contribution in [0.5, 0.6) is 0 Å². The van der Waals surface area contributed by atoms with E-state index in [0.717, 1.165) is 31.2 Å². The van der Waals surface area contributed by atoms with Crippen LogP contribution in [0.1, 0.15) is 31.2 Å². The molecule has 2 aromatic rings. The Kier molecular flexibility index (Phi) is 5.13. The van der Waals surface area contributed by atoms with Crippen molar-refractivity contribution in [2.75, 3.05) is 5.73 Å². The normalized spacial score (nSPS) is 15.9. The number of sulfonamides is 1. The summed E-state index contributed by atoms with van der Waals surface area (Å²) in [6.45, 7) is 0.356. The van der Waals surface area contributed by atoms with Crippen LogP contribution in [0.3, 0.4) is 0 Å². The Balaban J connectivity index is 1.94. The number of nitrogen functional groups attached to an aromatic ring is 1. The van der Waals surface area contributed by atoms with Crippen LogP contribution in [0.2, 0.25) is 5.02 Å². The van der Waals surface area contributed by atoms with Crippen LogP contribution in [0.25, 0.3) is 0 Å². The van der Waals surface area contributed by atoms with Gasteiger partial charge in [-0.2, -0.15) is 4.31 Å². The molecule has 0 heterocycles. The number of anilines is 1. The summed E-state index contributed by atoms with van der Waals surface area (Å²) in [4.78, 5) is 0.289. The molecule has 1 aliphatic rings. The Morgan fingerprint density at radius 3 is 2.17 bits per heavy atom. The van der Waals surface area contributed by atoms with Crippen molar-refractivity contribution >= 4 is 27.3 Å². The Labute approximate surface area is 148 Å². The number of nitrogens with zero attached hydrogens (tertiary/aromatic N) is 1. The molecular weight excluding hydrogens is 344 g/mol. The quantitative estimate of drug-likeness (QED) is 0.814. The maximum atomic E-state index is 13.2. The molecule has 0 unspecified atom stereocenters. The summed E-state index contributed by atoms with van der Waals surface area (Å²) in [6, 6.07) is 13.8. The first-order valence-electron chi connectivity index (χ1n) is 8.08. The topological polar surface area (TPSA) is 63.4 Å².